The SMILES string of the molecule is CC1OCCC(C(N)=O)C1C(N)=O. The van der Waals surface area contributed by atoms with E-state index in [1.54, 1.807) is 6.92 Å². The molecule has 0 aliphatic carbocycles. The van der Waals surface area contributed by atoms with Gasteiger partial charge in [0.1, 0.15) is 0 Å². The molecule has 0 spiro atoms. The number of hydrogen-bond acceptors (Lipinski definition) is 3. The second-order valence-corrected chi connectivity index (χ2v) is 3.30. The number of hydrogen-bond donors (Lipinski definition) is 2. The van der Waals surface area contributed by atoms with Crippen molar-refractivity contribution in [2.24, 2.45) is 23.3 Å². The van der Waals surface area contributed by atoms with Crippen molar-refractivity contribution in [3.8, 4) is 0 Å². The van der Waals surface area contributed by atoms with Crippen LogP contribution in [-0.4, -0.2) is 24.5 Å². The molecule has 0 radical (unpaired) electrons. The molecule has 0 aromatic heterocycles. The van der Waals surface area contributed by atoms with Crippen LogP contribution in [0.1, 0.15) is 13.3 Å². The lowest BCUT2D eigenvalue weighted by molar-refractivity contribution is -0.144. The normalized spacial score (nSPS) is 34.1. The van der Waals surface area contributed by atoms with Crippen LogP contribution in [0.15, 0.2) is 0 Å². The van der Waals surface area contributed by atoms with Crippen LogP contribution in [-0.2, 0) is 14.3 Å². The first-order chi connectivity index (χ1) is 6.04. The summed E-state index contributed by atoms with van der Waals surface area (Å²) in [4.78, 5) is 22.0. The molecule has 74 valence electrons. The van der Waals surface area contributed by atoms with Crippen molar-refractivity contribution >= 4 is 11.8 Å². The lowest BCUT2D eigenvalue weighted by Gasteiger charge is -2.32. The molecule has 13 heavy (non-hydrogen) atoms. The minimum absolute atomic E-state index is 0.316. The van der Waals surface area contributed by atoms with Gasteiger partial charge in [-0.3, -0.25) is 9.59 Å². The van der Waals surface area contributed by atoms with Gasteiger partial charge in [0.15, 0.2) is 0 Å². The molecule has 1 saturated heterocycles. The highest BCUT2D eigenvalue weighted by atomic mass is 16.5. The van der Waals surface area contributed by atoms with Gasteiger partial charge < -0.3 is 16.2 Å². The molecule has 0 bridgehead atoms. The van der Waals surface area contributed by atoms with Crippen molar-refractivity contribution in [3.63, 3.8) is 0 Å². The number of amides is 2. The molecule has 2 amide bonds. The Morgan fingerprint density at radius 3 is 2.31 bits per heavy atom. The topological polar surface area (TPSA) is 95.4 Å². The Balaban J connectivity index is 2.80. The third-order valence-electron chi connectivity index (χ3n) is 2.44. The fourth-order valence-electron chi connectivity index (χ4n) is 1.74. The predicted molar refractivity (Wildman–Crippen MR) is 45.4 cm³/mol. The molecule has 1 heterocycles. The first-order valence-corrected chi connectivity index (χ1v) is 4.24. The Hall–Kier alpha value is -1.10. The van der Waals surface area contributed by atoms with E-state index in [-0.39, 0.29) is 6.10 Å². The van der Waals surface area contributed by atoms with E-state index in [9.17, 15) is 9.59 Å². The fraction of sp³-hybridized carbons (Fsp3) is 0.750. The largest absolute Gasteiger partial charge is 0.378 e. The molecule has 0 aromatic carbocycles. The van der Waals surface area contributed by atoms with E-state index in [1.165, 1.54) is 0 Å². The quantitative estimate of drug-likeness (QED) is 0.578. The molecule has 3 atom stereocenters. The maximum Gasteiger partial charge on any atom is 0.223 e. The zero-order valence-electron chi connectivity index (χ0n) is 7.53. The molecule has 1 rings (SSSR count). The predicted octanol–water partition coefficient (Wildman–Crippen LogP) is -1.00. The molecule has 1 aliphatic heterocycles. The van der Waals surface area contributed by atoms with Crippen molar-refractivity contribution in [2.45, 2.75) is 19.4 Å². The lowest BCUT2D eigenvalue weighted by atomic mass is 9.83. The van der Waals surface area contributed by atoms with Crippen molar-refractivity contribution in [1.82, 2.24) is 0 Å². The second-order valence-electron chi connectivity index (χ2n) is 3.30. The molecule has 4 N–H and O–H groups in total. The number of primary amides is 2. The Morgan fingerprint density at radius 2 is 1.92 bits per heavy atom. The minimum atomic E-state index is -0.578. The van der Waals surface area contributed by atoms with Crippen LogP contribution >= 0.6 is 0 Å². The van der Waals surface area contributed by atoms with Crippen LogP contribution in [0.25, 0.3) is 0 Å². The highest BCUT2D eigenvalue weighted by Gasteiger charge is 2.38. The van der Waals surface area contributed by atoms with Gasteiger partial charge in [-0.1, -0.05) is 0 Å². The minimum Gasteiger partial charge on any atom is -0.378 e. The van der Waals surface area contributed by atoms with Gasteiger partial charge in [-0.05, 0) is 13.3 Å². The molecular weight excluding hydrogens is 172 g/mol. The Labute approximate surface area is 76.4 Å². The van der Waals surface area contributed by atoms with Crippen molar-refractivity contribution in [1.29, 1.82) is 0 Å². The average Bonchev–Trinajstić information content (AvgIpc) is 2.02. The van der Waals surface area contributed by atoms with Crippen LogP contribution in [0.5, 0.6) is 0 Å². The fourth-order valence-corrected chi connectivity index (χ4v) is 1.74. The summed E-state index contributed by atoms with van der Waals surface area (Å²) in [6.45, 7) is 2.18. The van der Waals surface area contributed by atoms with Gasteiger partial charge in [0.25, 0.3) is 0 Å². The number of ether oxygens (including phenoxy) is 1. The molecule has 5 heteroatoms. The van der Waals surface area contributed by atoms with Crippen molar-refractivity contribution in [3.05, 3.63) is 0 Å². The van der Waals surface area contributed by atoms with Crippen LogP contribution in [0.4, 0.5) is 0 Å². The highest BCUT2D eigenvalue weighted by Crippen LogP contribution is 2.26. The highest BCUT2D eigenvalue weighted by molar-refractivity contribution is 5.86. The molecule has 1 fully saturated rings. The number of carbonyl (C=O) groups is 2. The molecule has 5 nitrogen and oxygen atoms in total. The monoisotopic (exact) mass is 186 g/mol. The van der Waals surface area contributed by atoms with E-state index in [0.717, 1.165) is 0 Å². The van der Waals surface area contributed by atoms with E-state index in [4.69, 9.17) is 16.2 Å². The van der Waals surface area contributed by atoms with Crippen molar-refractivity contribution in [2.75, 3.05) is 6.61 Å². The Bertz CT molecular complexity index is 229. The van der Waals surface area contributed by atoms with Gasteiger partial charge in [0.05, 0.1) is 17.9 Å². The van der Waals surface area contributed by atoms with E-state index < -0.39 is 23.7 Å². The van der Waals surface area contributed by atoms with Gasteiger partial charge in [-0.25, -0.2) is 0 Å². The number of carbonyl (C=O) groups excluding carboxylic acids is 2. The second kappa shape index (κ2) is 3.74. The molecule has 3 unspecified atom stereocenters. The first-order valence-electron chi connectivity index (χ1n) is 4.24. The van der Waals surface area contributed by atoms with E-state index in [0.29, 0.717) is 13.0 Å². The van der Waals surface area contributed by atoms with E-state index in [2.05, 4.69) is 0 Å². The van der Waals surface area contributed by atoms with E-state index in [1.807, 2.05) is 0 Å². The number of nitrogens with two attached hydrogens (primary N) is 2. The summed E-state index contributed by atoms with van der Waals surface area (Å²) < 4.78 is 5.22. The third kappa shape index (κ3) is 1.98. The maximum atomic E-state index is 11.0. The lowest BCUT2D eigenvalue weighted by Crippen LogP contribution is -2.47. The maximum absolute atomic E-state index is 11.0. The average molecular weight is 186 g/mol. The standard InChI is InChI=1S/C8H14N2O3/c1-4-6(8(10)12)5(7(9)11)2-3-13-4/h4-6H,2-3H2,1H3,(H2,9,11)(H2,10,12). The summed E-state index contributed by atoms with van der Waals surface area (Å²) in [6.07, 6.45) is 0.163. The van der Waals surface area contributed by atoms with Crippen LogP contribution in [0, 0.1) is 11.8 Å². The van der Waals surface area contributed by atoms with Gasteiger partial charge >= 0.3 is 0 Å². The van der Waals surface area contributed by atoms with Crippen molar-refractivity contribution < 1.29 is 14.3 Å². The van der Waals surface area contributed by atoms with Crippen LogP contribution < -0.4 is 11.5 Å². The zero-order chi connectivity index (χ0) is 10.0. The summed E-state index contributed by atoms with van der Waals surface area (Å²) in [5, 5.41) is 0. The van der Waals surface area contributed by atoms with Gasteiger partial charge in [0, 0.05) is 6.61 Å². The summed E-state index contributed by atoms with van der Waals surface area (Å²) >= 11 is 0. The van der Waals surface area contributed by atoms with E-state index >= 15 is 0 Å². The summed E-state index contributed by atoms with van der Waals surface area (Å²) in [5.41, 5.74) is 10.3. The smallest absolute Gasteiger partial charge is 0.223 e. The summed E-state index contributed by atoms with van der Waals surface area (Å²) in [7, 11) is 0. The first kappa shape index (κ1) is 9.98. The van der Waals surface area contributed by atoms with Gasteiger partial charge in [-0.2, -0.15) is 0 Å². The summed E-state index contributed by atoms with van der Waals surface area (Å²) in [5.74, 6) is -2.04. The third-order valence-corrected chi connectivity index (χ3v) is 2.44. The van der Waals surface area contributed by atoms with Crippen LogP contribution in [0.3, 0.4) is 0 Å². The number of rotatable bonds is 2. The van der Waals surface area contributed by atoms with Gasteiger partial charge in [0.2, 0.25) is 11.8 Å². The Morgan fingerprint density at radius 1 is 1.31 bits per heavy atom. The van der Waals surface area contributed by atoms with Crippen LogP contribution in [0.2, 0.25) is 0 Å². The summed E-state index contributed by atoms with van der Waals surface area (Å²) in [6, 6.07) is 0. The molecular formula is C8H14N2O3. The molecule has 0 aromatic rings. The molecule has 1 aliphatic rings. The molecule has 0 saturated carbocycles. The Kier molecular flexibility index (Phi) is 2.87. The van der Waals surface area contributed by atoms with Gasteiger partial charge in [-0.15, -0.1) is 0 Å². The zero-order valence-corrected chi connectivity index (χ0v) is 7.53.